The Morgan fingerprint density at radius 3 is 2.83 bits per heavy atom. The molecular weight excluding hydrogens is 329 g/mol. The maximum absolute atomic E-state index is 14.2. The standard InChI is InChI=1S/C18H16FNO3S/c1-10-6-7-13(14(21)8-10)20-18(22)17-11(9-23-2)16-12(19)4-3-5-15(16)24-17/h3-8,21H,9H2,1-2H3,(H,20,22). The van der Waals surface area contributed by atoms with E-state index in [0.29, 0.717) is 26.2 Å². The Labute approximate surface area is 142 Å². The van der Waals surface area contributed by atoms with E-state index in [1.54, 1.807) is 30.3 Å². The van der Waals surface area contributed by atoms with E-state index in [4.69, 9.17) is 4.74 Å². The number of phenolic OH excluding ortho intramolecular Hbond substituents is 1. The Balaban J connectivity index is 2.03. The third kappa shape index (κ3) is 2.98. The molecule has 6 heteroatoms. The Morgan fingerprint density at radius 1 is 1.33 bits per heavy atom. The van der Waals surface area contributed by atoms with Gasteiger partial charge in [-0.1, -0.05) is 12.1 Å². The summed E-state index contributed by atoms with van der Waals surface area (Å²) in [6.07, 6.45) is 0. The van der Waals surface area contributed by atoms with Crippen LogP contribution < -0.4 is 5.32 Å². The molecule has 0 bridgehead atoms. The Kier molecular flexibility index (Phi) is 4.51. The number of fused-ring (bicyclic) bond motifs is 1. The third-order valence-corrected chi connectivity index (χ3v) is 4.86. The van der Waals surface area contributed by atoms with Crippen LogP contribution in [0, 0.1) is 12.7 Å². The number of carbonyl (C=O) groups excluding carboxylic acids is 1. The van der Waals surface area contributed by atoms with E-state index in [2.05, 4.69) is 5.32 Å². The SMILES string of the molecule is COCc1c(C(=O)Nc2ccc(C)cc2O)sc2cccc(F)c12. The molecule has 4 nitrogen and oxygen atoms in total. The number of methoxy groups -OCH3 is 1. The normalized spacial score (nSPS) is 11.0. The van der Waals surface area contributed by atoms with Crippen LogP contribution in [-0.2, 0) is 11.3 Å². The predicted molar refractivity (Wildman–Crippen MR) is 93.3 cm³/mol. The molecule has 2 aromatic carbocycles. The fourth-order valence-corrected chi connectivity index (χ4v) is 3.68. The van der Waals surface area contributed by atoms with Crippen molar-refractivity contribution in [2.24, 2.45) is 0 Å². The summed E-state index contributed by atoms with van der Waals surface area (Å²) in [7, 11) is 1.50. The topological polar surface area (TPSA) is 58.6 Å². The lowest BCUT2D eigenvalue weighted by atomic mass is 10.1. The van der Waals surface area contributed by atoms with Gasteiger partial charge in [-0.2, -0.15) is 0 Å². The molecule has 3 rings (SSSR count). The number of amides is 1. The molecule has 0 aliphatic carbocycles. The molecule has 1 amide bonds. The Morgan fingerprint density at radius 2 is 2.12 bits per heavy atom. The van der Waals surface area contributed by atoms with Crippen LogP contribution in [0.2, 0.25) is 0 Å². The van der Waals surface area contributed by atoms with Crippen LogP contribution in [0.5, 0.6) is 5.75 Å². The number of nitrogens with one attached hydrogen (secondary N) is 1. The smallest absolute Gasteiger partial charge is 0.266 e. The number of phenols is 1. The average molecular weight is 345 g/mol. The van der Waals surface area contributed by atoms with Gasteiger partial charge in [-0.05, 0) is 36.8 Å². The molecule has 3 aromatic rings. The number of carbonyl (C=O) groups is 1. The average Bonchev–Trinajstić information content (AvgIpc) is 2.91. The van der Waals surface area contributed by atoms with Crippen molar-refractivity contribution >= 4 is 33.0 Å². The number of aryl methyl sites for hydroxylation is 1. The van der Waals surface area contributed by atoms with Crippen molar-refractivity contribution in [2.75, 3.05) is 12.4 Å². The highest BCUT2D eigenvalue weighted by atomic mass is 32.1. The molecule has 1 aromatic heterocycles. The first-order valence-corrected chi connectivity index (χ1v) is 8.12. The number of thiophene rings is 1. The molecule has 0 saturated carbocycles. The van der Waals surface area contributed by atoms with Crippen LogP contribution in [0.15, 0.2) is 36.4 Å². The van der Waals surface area contributed by atoms with Crippen molar-refractivity contribution in [1.29, 1.82) is 0 Å². The quantitative estimate of drug-likeness (QED) is 0.687. The fraction of sp³-hybridized carbons (Fsp3) is 0.167. The first-order chi connectivity index (χ1) is 11.5. The van der Waals surface area contributed by atoms with Crippen molar-refractivity contribution in [3.63, 3.8) is 0 Å². The van der Waals surface area contributed by atoms with E-state index >= 15 is 0 Å². The monoisotopic (exact) mass is 345 g/mol. The molecule has 1 heterocycles. The number of anilines is 1. The zero-order chi connectivity index (χ0) is 17.3. The number of aromatic hydroxyl groups is 1. The summed E-state index contributed by atoms with van der Waals surface area (Å²) < 4.78 is 20.0. The molecule has 0 spiro atoms. The largest absolute Gasteiger partial charge is 0.506 e. The van der Waals surface area contributed by atoms with E-state index < -0.39 is 5.91 Å². The lowest BCUT2D eigenvalue weighted by Gasteiger charge is -2.08. The zero-order valence-electron chi connectivity index (χ0n) is 13.2. The van der Waals surface area contributed by atoms with Gasteiger partial charge in [0.2, 0.25) is 0 Å². The van der Waals surface area contributed by atoms with E-state index in [9.17, 15) is 14.3 Å². The van der Waals surface area contributed by atoms with Crippen molar-refractivity contribution in [1.82, 2.24) is 0 Å². The Hall–Kier alpha value is -2.44. The molecule has 0 radical (unpaired) electrons. The van der Waals surface area contributed by atoms with Crippen LogP contribution in [0.25, 0.3) is 10.1 Å². The van der Waals surface area contributed by atoms with Gasteiger partial charge in [0.25, 0.3) is 5.91 Å². The molecule has 0 aliphatic heterocycles. The molecule has 24 heavy (non-hydrogen) atoms. The van der Waals surface area contributed by atoms with Gasteiger partial charge in [0.1, 0.15) is 11.6 Å². The van der Waals surface area contributed by atoms with E-state index in [1.165, 1.54) is 24.5 Å². The molecule has 124 valence electrons. The summed E-state index contributed by atoms with van der Waals surface area (Å²) in [5.41, 5.74) is 1.71. The van der Waals surface area contributed by atoms with Gasteiger partial charge >= 0.3 is 0 Å². The fourth-order valence-electron chi connectivity index (χ4n) is 2.56. The second-order valence-corrected chi connectivity index (χ2v) is 6.48. The van der Waals surface area contributed by atoms with Crippen LogP contribution in [-0.4, -0.2) is 18.1 Å². The second-order valence-electron chi connectivity index (χ2n) is 5.43. The number of halogens is 1. The van der Waals surface area contributed by atoms with E-state index in [1.807, 2.05) is 6.92 Å². The maximum atomic E-state index is 14.2. The molecule has 0 fully saturated rings. The number of rotatable bonds is 4. The number of benzene rings is 2. The van der Waals surface area contributed by atoms with Gasteiger partial charge in [0.15, 0.2) is 0 Å². The molecule has 0 unspecified atom stereocenters. The zero-order valence-corrected chi connectivity index (χ0v) is 14.0. The Bertz CT molecular complexity index is 920. The van der Waals surface area contributed by atoms with E-state index in [0.717, 1.165) is 5.56 Å². The van der Waals surface area contributed by atoms with Crippen LogP contribution >= 0.6 is 11.3 Å². The summed E-state index contributed by atoms with van der Waals surface area (Å²) in [5.74, 6) is -0.793. The predicted octanol–water partition coefficient (Wildman–Crippen LogP) is 4.45. The first-order valence-electron chi connectivity index (χ1n) is 7.31. The summed E-state index contributed by atoms with van der Waals surface area (Å²) in [5, 5.41) is 13.0. The summed E-state index contributed by atoms with van der Waals surface area (Å²) >= 11 is 1.20. The number of ether oxygens (including phenoxy) is 1. The van der Waals surface area contributed by atoms with Gasteiger partial charge < -0.3 is 15.2 Å². The summed E-state index contributed by atoms with van der Waals surface area (Å²) in [6, 6.07) is 9.72. The van der Waals surface area contributed by atoms with Crippen LogP contribution in [0.3, 0.4) is 0 Å². The molecule has 0 saturated heterocycles. The lowest BCUT2D eigenvalue weighted by molar-refractivity contribution is 0.102. The van der Waals surface area contributed by atoms with Gasteiger partial charge in [-0.25, -0.2) is 4.39 Å². The highest BCUT2D eigenvalue weighted by molar-refractivity contribution is 7.21. The maximum Gasteiger partial charge on any atom is 0.266 e. The minimum atomic E-state index is -0.401. The van der Waals surface area contributed by atoms with Crippen molar-refractivity contribution in [3.05, 3.63) is 58.2 Å². The molecular formula is C18H16FNO3S. The van der Waals surface area contributed by atoms with E-state index in [-0.39, 0.29) is 18.2 Å². The van der Waals surface area contributed by atoms with Gasteiger partial charge in [-0.3, -0.25) is 4.79 Å². The minimum Gasteiger partial charge on any atom is -0.506 e. The van der Waals surface area contributed by atoms with Crippen molar-refractivity contribution in [2.45, 2.75) is 13.5 Å². The van der Waals surface area contributed by atoms with Gasteiger partial charge in [0, 0.05) is 22.8 Å². The minimum absolute atomic E-state index is 0.0102. The molecule has 0 atom stereocenters. The van der Waals surface area contributed by atoms with Crippen LogP contribution in [0.1, 0.15) is 20.8 Å². The third-order valence-electron chi connectivity index (χ3n) is 3.66. The highest BCUT2D eigenvalue weighted by Crippen LogP contribution is 2.35. The van der Waals surface area contributed by atoms with Crippen molar-refractivity contribution in [3.8, 4) is 5.75 Å². The molecule has 0 aliphatic rings. The van der Waals surface area contributed by atoms with Gasteiger partial charge in [0.05, 0.1) is 17.2 Å². The van der Waals surface area contributed by atoms with Crippen LogP contribution in [0.4, 0.5) is 10.1 Å². The number of hydrogen-bond acceptors (Lipinski definition) is 4. The lowest BCUT2D eigenvalue weighted by Crippen LogP contribution is -2.12. The summed E-state index contributed by atoms with van der Waals surface area (Å²) in [4.78, 5) is 13.0. The number of hydrogen-bond donors (Lipinski definition) is 2. The highest BCUT2D eigenvalue weighted by Gasteiger charge is 2.21. The van der Waals surface area contributed by atoms with Gasteiger partial charge in [-0.15, -0.1) is 11.3 Å². The summed E-state index contributed by atoms with van der Waals surface area (Å²) in [6.45, 7) is 1.97. The first kappa shape index (κ1) is 16.4. The second kappa shape index (κ2) is 6.59. The van der Waals surface area contributed by atoms with Crippen molar-refractivity contribution < 1.29 is 19.0 Å². The molecule has 2 N–H and O–H groups in total.